The molecule has 2 rings (SSSR count). The molecule has 17 heavy (non-hydrogen) atoms. The average Bonchev–Trinajstić information content (AvgIpc) is 2.80. The van der Waals surface area contributed by atoms with E-state index in [-0.39, 0.29) is 0 Å². The van der Waals surface area contributed by atoms with Crippen molar-refractivity contribution in [2.75, 3.05) is 19.6 Å². The van der Waals surface area contributed by atoms with Gasteiger partial charge in [0.25, 0.3) is 0 Å². The third-order valence-corrected chi connectivity index (χ3v) is 4.90. The monoisotopic (exact) mass is 238 g/mol. The van der Waals surface area contributed by atoms with Crippen molar-refractivity contribution in [3.8, 4) is 0 Å². The van der Waals surface area contributed by atoms with Crippen LogP contribution in [0.15, 0.2) is 0 Å². The molecule has 1 atom stereocenters. The van der Waals surface area contributed by atoms with Crippen LogP contribution in [0.3, 0.4) is 0 Å². The van der Waals surface area contributed by atoms with Gasteiger partial charge < -0.3 is 10.2 Å². The van der Waals surface area contributed by atoms with E-state index in [9.17, 15) is 0 Å². The van der Waals surface area contributed by atoms with Crippen molar-refractivity contribution in [3.63, 3.8) is 0 Å². The maximum absolute atomic E-state index is 3.60. The summed E-state index contributed by atoms with van der Waals surface area (Å²) in [6, 6.07) is 1.70. The Morgan fingerprint density at radius 3 is 2.35 bits per heavy atom. The molecule has 0 radical (unpaired) electrons. The van der Waals surface area contributed by atoms with Crippen LogP contribution in [0.1, 0.15) is 52.9 Å². The summed E-state index contributed by atoms with van der Waals surface area (Å²) < 4.78 is 0. The summed E-state index contributed by atoms with van der Waals surface area (Å²) in [5.74, 6) is 1.83. The Labute approximate surface area is 107 Å². The highest BCUT2D eigenvalue weighted by molar-refractivity contribution is 4.87. The van der Waals surface area contributed by atoms with Gasteiger partial charge in [0.1, 0.15) is 0 Å². The van der Waals surface area contributed by atoms with Gasteiger partial charge in [0.05, 0.1) is 0 Å². The first-order valence-electron chi connectivity index (χ1n) is 7.68. The Balaban J connectivity index is 1.74. The van der Waals surface area contributed by atoms with Gasteiger partial charge in [-0.3, -0.25) is 0 Å². The molecule has 2 aliphatic rings. The van der Waals surface area contributed by atoms with E-state index >= 15 is 0 Å². The first-order valence-corrected chi connectivity index (χ1v) is 7.68. The van der Waals surface area contributed by atoms with E-state index < -0.39 is 0 Å². The van der Waals surface area contributed by atoms with Crippen LogP contribution in [-0.2, 0) is 0 Å². The van der Waals surface area contributed by atoms with E-state index in [0.29, 0.717) is 0 Å². The molecule has 0 aromatic heterocycles. The van der Waals surface area contributed by atoms with Crippen molar-refractivity contribution >= 4 is 0 Å². The molecule has 2 nitrogen and oxygen atoms in total. The van der Waals surface area contributed by atoms with Crippen LogP contribution in [-0.4, -0.2) is 36.6 Å². The first kappa shape index (κ1) is 13.4. The zero-order valence-electron chi connectivity index (χ0n) is 11.9. The summed E-state index contributed by atoms with van der Waals surface area (Å²) in [5, 5.41) is 3.60. The molecule has 0 bridgehead atoms. The maximum Gasteiger partial charge on any atom is 0.00965 e. The topological polar surface area (TPSA) is 15.3 Å². The lowest BCUT2D eigenvalue weighted by Crippen LogP contribution is -2.41. The van der Waals surface area contributed by atoms with Crippen molar-refractivity contribution in [1.29, 1.82) is 0 Å². The Morgan fingerprint density at radius 1 is 1.12 bits per heavy atom. The fourth-order valence-electron chi connectivity index (χ4n) is 3.62. The zero-order valence-corrected chi connectivity index (χ0v) is 11.9. The summed E-state index contributed by atoms with van der Waals surface area (Å²) in [6.45, 7) is 10.9. The van der Waals surface area contributed by atoms with Crippen molar-refractivity contribution in [2.45, 2.75) is 65.0 Å². The molecule has 0 aromatic rings. The molecule has 1 unspecified atom stereocenters. The molecular formula is C15H30N2. The molecule has 0 amide bonds. The van der Waals surface area contributed by atoms with Crippen LogP contribution in [0.4, 0.5) is 0 Å². The molecule has 2 heteroatoms. The highest BCUT2D eigenvalue weighted by atomic mass is 15.2. The van der Waals surface area contributed by atoms with Gasteiger partial charge >= 0.3 is 0 Å². The predicted molar refractivity (Wildman–Crippen MR) is 74.2 cm³/mol. The number of rotatable bonds is 4. The lowest BCUT2D eigenvalue weighted by Gasteiger charge is -2.35. The molecule has 100 valence electrons. The highest BCUT2D eigenvalue weighted by Crippen LogP contribution is 2.30. The zero-order chi connectivity index (χ0) is 12.3. The third-order valence-electron chi connectivity index (χ3n) is 4.90. The highest BCUT2D eigenvalue weighted by Gasteiger charge is 2.31. The van der Waals surface area contributed by atoms with E-state index in [1.54, 1.807) is 0 Å². The summed E-state index contributed by atoms with van der Waals surface area (Å²) in [4.78, 5) is 2.78. The van der Waals surface area contributed by atoms with Crippen LogP contribution in [0.2, 0.25) is 0 Å². The van der Waals surface area contributed by atoms with E-state index in [2.05, 4.69) is 31.0 Å². The number of likely N-dealkylation sites (tertiary alicyclic amines) is 1. The normalized spacial score (nSPS) is 35.6. The van der Waals surface area contributed by atoms with Crippen LogP contribution in [0.5, 0.6) is 0 Å². The van der Waals surface area contributed by atoms with E-state index in [1.165, 1.54) is 45.2 Å². The van der Waals surface area contributed by atoms with Crippen LogP contribution >= 0.6 is 0 Å². The van der Waals surface area contributed by atoms with Gasteiger partial charge in [0.2, 0.25) is 0 Å². The van der Waals surface area contributed by atoms with Gasteiger partial charge in [-0.1, -0.05) is 20.8 Å². The van der Waals surface area contributed by atoms with Crippen molar-refractivity contribution in [1.82, 2.24) is 10.2 Å². The lowest BCUT2D eigenvalue weighted by molar-refractivity contribution is 0.165. The molecular weight excluding hydrogens is 208 g/mol. The molecule has 1 aliphatic carbocycles. The molecule has 0 aromatic carbocycles. The minimum atomic E-state index is 0.805. The average molecular weight is 238 g/mol. The van der Waals surface area contributed by atoms with E-state index in [1.807, 2.05) is 0 Å². The first-order chi connectivity index (χ1) is 8.20. The molecule has 1 saturated heterocycles. The minimum absolute atomic E-state index is 0.805. The molecule has 1 N–H and O–H groups in total. The van der Waals surface area contributed by atoms with Gasteiger partial charge in [-0.25, -0.2) is 0 Å². The van der Waals surface area contributed by atoms with Gasteiger partial charge in [-0.05, 0) is 57.0 Å². The molecule has 0 spiro atoms. The molecule has 2 fully saturated rings. The quantitative estimate of drug-likeness (QED) is 0.810. The van der Waals surface area contributed by atoms with E-state index in [0.717, 1.165) is 30.5 Å². The Hall–Kier alpha value is -0.0800. The number of hydrogen-bond acceptors (Lipinski definition) is 2. The lowest BCUT2D eigenvalue weighted by atomic mass is 9.90. The largest absolute Gasteiger partial charge is 0.314 e. The third kappa shape index (κ3) is 3.45. The Bertz CT molecular complexity index is 219. The van der Waals surface area contributed by atoms with Gasteiger partial charge in [0.15, 0.2) is 0 Å². The van der Waals surface area contributed by atoms with E-state index in [4.69, 9.17) is 0 Å². The number of nitrogens with one attached hydrogen (secondary N) is 1. The smallest absolute Gasteiger partial charge is 0.00965 e. The number of nitrogens with zero attached hydrogens (tertiary/aromatic N) is 1. The Morgan fingerprint density at radius 2 is 1.82 bits per heavy atom. The second kappa shape index (κ2) is 6.19. The van der Waals surface area contributed by atoms with Gasteiger partial charge in [-0.2, -0.15) is 0 Å². The second-order valence-electron chi connectivity index (χ2n) is 6.35. The maximum atomic E-state index is 3.60. The predicted octanol–water partition coefficient (Wildman–Crippen LogP) is 2.89. The summed E-state index contributed by atoms with van der Waals surface area (Å²) >= 11 is 0. The molecule has 1 aliphatic heterocycles. The van der Waals surface area contributed by atoms with Crippen LogP contribution < -0.4 is 5.32 Å². The van der Waals surface area contributed by atoms with Crippen molar-refractivity contribution < 1.29 is 0 Å². The summed E-state index contributed by atoms with van der Waals surface area (Å²) in [7, 11) is 0. The minimum Gasteiger partial charge on any atom is -0.314 e. The molecule has 1 saturated carbocycles. The van der Waals surface area contributed by atoms with Crippen LogP contribution in [0.25, 0.3) is 0 Å². The second-order valence-corrected chi connectivity index (χ2v) is 6.35. The fraction of sp³-hybridized carbons (Fsp3) is 1.00. The van der Waals surface area contributed by atoms with Gasteiger partial charge in [0, 0.05) is 18.6 Å². The van der Waals surface area contributed by atoms with Gasteiger partial charge in [-0.15, -0.1) is 0 Å². The standard InChI is InChI=1S/C15H30N2/c1-4-16-14-5-7-15(8-6-14)17-10-9-13(11-17)12(2)3/h12-16H,4-11H2,1-3H3. The molecule has 1 heterocycles. The Kier molecular flexibility index (Phi) is 4.87. The fourth-order valence-corrected chi connectivity index (χ4v) is 3.62. The summed E-state index contributed by atoms with van der Waals surface area (Å²) in [5.41, 5.74) is 0. The SMILES string of the molecule is CCNC1CCC(N2CCC(C(C)C)C2)CC1. The van der Waals surface area contributed by atoms with Crippen molar-refractivity contribution in [2.24, 2.45) is 11.8 Å². The van der Waals surface area contributed by atoms with Crippen molar-refractivity contribution in [3.05, 3.63) is 0 Å². The van der Waals surface area contributed by atoms with Crippen LogP contribution in [0, 0.1) is 11.8 Å². The summed E-state index contributed by atoms with van der Waals surface area (Å²) in [6.07, 6.45) is 7.05. The number of hydrogen-bond donors (Lipinski definition) is 1.